The summed E-state index contributed by atoms with van der Waals surface area (Å²) in [5.41, 5.74) is 3.08. The van der Waals surface area contributed by atoms with E-state index in [-0.39, 0.29) is 11.7 Å². The van der Waals surface area contributed by atoms with Gasteiger partial charge >= 0.3 is 0 Å². The van der Waals surface area contributed by atoms with Gasteiger partial charge in [-0.05, 0) is 41.0 Å². The summed E-state index contributed by atoms with van der Waals surface area (Å²) in [6, 6.07) is 17.9. The van der Waals surface area contributed by atoms with Gasteiger partial charge in [-0.15, -0.1) is 11.8 Å². The van der Waals surface area contributed by atoms with E-state index in [1.807, 2.05) is 36.4 Å². The van der Waals surface area contributed by atoms with Crippen molar-refractivity contribution in [2.75, 3.05) is 5.75 Å². The van der Waals surface area contributed by atoms with Crippen LogP contribution in [0.5, 0.6) is 0 Å². The highest BCUT2D eigenvalue weighted by atomic mass is 35.5. The highest BCUT2D eigenvalue weighted by Gasteiger charge is 2.34. The highest BCUT2D eigenvalue weighted by molar-refractivity contribution is 8.08. The second-order valence-corrected chi connectivity index (χ2v) is 7.83. The number of thioether (sulfide) groups is 1. The third-order valence-electron chi connectivity index (χ3n) is 4.71. The summed E-state index contributed by atoms with van der Waals surface area (Å²) in [4.78, 5) is 5.09. The van der Waals surface area contributed by atoms with Crippen molar-refractivity contribution in [1.29, 1.82) is 0 Å². The van der Waals surface area contributed by atoms with E-state index < -0.39 is 6.10 Å². The lowest BCUT2D eigenvalue weighted by molar-refractivity contribution is 0.210. The Hall–Kier alpha value is -2.14. The normalized spacial score (nSPS) is 18.0. The van der Waals surface area contributed by atoms with E-state index in [1.165, 1.54) is 6.07 Å². The zero-order valence-corrected chi connectivity index (χ0v) is 15.9. The first kappa shape index (κ1) is 18.2. The van der Waals surface area contributed by atoms with Crippen molar-refractivity contribution < 1.29 is 9.50 Å². The smallest absolute Gasteiger partial charge is 0.127 e. The van der Waals surface area contributed by atoms with Gasteiger partial charge < -0.3 is 5.11 Å². The van der Waals surface area contributed by atoms with Crippen molar-refractivity contribution in [1.82, 2.24) is 4.98 Å². The molecule has 0 fully saturated rings. The number of pyridine rings is 1. The summed E-state index contributed by atoms with van der Waals surface area (Å²) < 4.78 is 14.5. The molecule has 1 aliphatic rings. The largest absolute Gasteiger partial charge is 0.384 e. The number of aliphatic hydroxyl groups is 1. The molecule has 136 valence electrons. The van der Waals surface area contributed by atoms with Gasteiger partial charge in [-0.2, -0.15) is 0 Å². The number of aliphatic hydroxyl groups excluding tert-OH is 1. The van der Waals surface area contributed by atoms with Crippen LogP contribution in [-0.4, -0.2) is 15.8 Å². The van der Waals surface area contributed by atoms with Gasteiger partial charge in [-0.3, -0.25) is 4.98 Å². The van der Waals surface area contributed by atoms with Gasteiger partial charge in [-0.1, -0.05) is 48.0 Å². The third-order valence-corrected chi connectivity index (χ3v) is 6.23. The SMILES string of the molecule is OC(C1=C(c2ccc(Cl)cc2)SCC1c1ccccc1F)c1cccnc1. The lowest BCUT2D eigenvalue weighted by Gasteiger charge is -2.21. The Morgan fingerprint density at radius 2 is 1.85 bits per heavy atom. The summed E-state index contributed by atoms with van der Waals surface area (Å²) in [6.45, 7) is 0. The van der Waals surface area contributed by atoms with Gasteiger partial charge in [0.05, 0.1) is 0 Å². The average molecular weight is 398 g/mol. The molecule has 2 heterocycles. The molecule has 0 amide bonds. The number of nitrogens with zero attached hydrogens (tertiary/aromatic N) is 1. The van der Waals surface area contributed by atoms with E-state index in [0.717, 1.165) is 16.0 Å². The van der Waals surface area contributed by atoms with Gasteiger partial charge in [0.1, 0.15) is 11.9 Å². The minimum atomic E-state index is -0.857. The molecule has 4 rings (SSSR count). The molecule has 1 aromatic heterocycles. The Morgan fingerprint density at radius 3 is 2.56 bits per heavy atom. The molecular formula is C22H17ClFNOS. The lowest BCUT2D eigenvalue weighted by atomic mass is 9.85. The number of benzene rings is 2. The van der Waals surface area contributed by atoms with Crippen molar-refractivity contribution in [3.05, 3.63) is 106 Å². The van der Waals surface area contributed by atoms with Gasteiger partial charge in [0.15, 0.2) is 0 Å². The predicted octanol–water partition coefficient (Wildman–Crippen LogP) is 5.85. The molecular weight excluding hydrogens is 381 g/mol. The molecule has 0 aliphatic carbocycles. The van der Waals surface area contributed by atoms with E-state index in [9.17, 15) is 9.50 Å². The van der Waals surface area contributed by atoms with Crippen LogP contribution in [0.4, 0.5) is 4.39 Å². The number of halogens is 2. The molecule has 2 aromatic carbocycles. The number of hydrogen-bond donors (Lipinski definition) is 1. The Bertz CT molecular complexity index is 975. The summed E-state index contributed by atoms with van der Waals surface area (Å²) >= 11 is 7.66. The molecule has 2 atom stereocenters. The standard InChI is InChI=1S/C22H17ClFNOS/c23-16-9-7-14(8-10-16)22-20(21(26)15-4-3-11-25-12-15)18(13-27-22)17-5-1-2-6-19(17)24/h1-12,18,21,26H,13H2. The molecule has 0 spiro atoms. The van der Waals surface area contributed by atoms with Crippen molar-refractivity contribution >= 4 is 28.3 Å². The summed E-state index contributed by atoms with van der Waals surface area (Å²) in [5, 5.41) is 11.8. The molecule has 2 nitrogen and oxygen atoms in total. The molecule has 1 aliphatic heterocycles. The summed E-state index contributed by atoms with van der Waals surface area (Å²) in [7, 11) is 0. The van der Waals surface area contributed by atoms with Crippen LogP contribution in [-0.2, 0) is 0 Å². The molecule has 0 saturated heterocycles. The summed E-state index contributed by atoms with van der Waals surface area (Å²) in [6.07, 6.45) is 2.46. The highest BCUT2D eigenvalue weighted by Crippen LogP contribution is 2.51. The van der Waals surface area contributed by atoms with E-state index in [4.69, 9.17) is 11.6 Å². The topological polar surface area (TPSA) is 33.1 Å². The van der Waals surface area contributed by atoms with Crippen molar-refractivity contribution in [2.45, 2.75) is 12.0 Å². The van der Waals surface area contributed by atoms with Gasteiger partial charge in [0.25, 0.3) is 0 Å². The first-order valence-corrected chi connectivity index (χ1v) is 9.96. The van der Waals surface area contributed by atoms with Gasteiger partial charge in [0, 0.05) is 39.6 Å². The zero-order valence-electron chi connectivity index (χ0n) is 14.3. The monoisotopic (exact) mass is 397 g/mol. The van der Waals surface area contributed by atoms with Crippen LogP contribution in [0, 0.1) is 5.82 Å². The minimum Gasteiger partial charge on any atom is -0.384 e. The molecule has 2 unspecified atom stereocenters. The quantitative estimate of drug-likeness (QED) is 0.599. The Morgan fingerprint density at radius 1 is 1.07 bits per heavy atom. The molecule has 27 heavy (non-hydrogen) atoms. The van der Waals surface area contributed by atoms with Gasteiger partial charge in [0.2, 0.25) is 0 Å². The first-order valence-electron chi connectivity index (χ1n) is 8.60. The minimum absolute atomic E-state index is 0.211. The van der Waals surface area contributed by atoms with Crippen LogP contribution in [0.1, 0.15) is 28.7 Å². The fraction of sp³-hybridized carbons (Fsp3) is 0.136. The van der Waals surface area contributed by atoms with E-state index in [1.54, 1.807) is 42.4 Å². The Labute approximate surface area is 166 Å². The van der Waals surface area contributed by atoms with Crippen LogP contribution in [0.25, 0.3) is 4.91 Å². The van der Waals surface area contributed by atoms with Gasteiger partial charge in [-0.25, -0.2) is 4.39 Å². The van der Waals surface area contributed by atoms with Crippen LogP contribution < -0.4 is 0 Å². The number of aromatic nitrogens is 1. The van der Waals surface area contributed by atoms with Crippen molar-refractivity contribution in [3.8, 4) is 0 Å². The average Bonchev–Trinajstić information content (AvgIpc) is 3.14. The maximum atomic E-state index is 14.5. The summed E-state index contributed by atoms with van der Waals surface area (Å²) in [5.74, 6) is 0.208. The van der Waals surface area contributed by atoms with E-state index in [2.05, 4.69) is 4.98 Å². The fourth-order valence-corrected chi connectivity index (χ4v) is 4.94. The molecule has 3 aromatic rings. The maximum absolute atomic E-state index is 14.5. The molecule has 0 radical (unpaired) electrons. The Kier molecular flexibility index (Phi) is 5.30. The fourth-order valence-electron chi connectivity index (χ4n) is 3.40. The Balaban J connectivity index is 1.86. The molecule has 1 N–H and O–H groups in total. The number of rotatable bonds is 4. The maximum Gasteiger partial charge on any atom is 0.127 e. The van der Waals surface area contributed by atoms with Crippen LogP contribution in [0.3, 0.4) is 0 Å². The zero-order chi connectivity index (χ0) is 18.8. The van der Waals surface area contributed by atoms with Crippen LogP contribution >= 0.6 is 23.4 Å². The second-order valence-electron chi connectivity index (χ2n) is 6.37. The number of hydrogen-bond acceptors (Lipinski definition) is 3. The third kappa shape index (κ3) is 3.65. The van der Waals surface area contributed by atoms with Crippen LogP contribution in [0.15, 0.2) is 78.6 Å². The van der Waals surface area contributed by atoms with Crippen LogP contribution in [0.2, 0.25) is 5.02 Å². The molecule has 5 heteroatoms. The lowest BCUT2D eigenvalue weighted by Crippen LogP contribution is -2.12. The predicted molar refractivity (Wildman–Crippen MR) is 109 cm³/mol. The van der Waals surface area contributed by atoms with Crippen molar-refractivity contribution in [3.63, 3.8) is 0 Å². The molecule has 0 bridgehead atoms. The molecule has 0 saturated carbocycles. The van der Waals surface area contributed by atoms with E-state index in [0.29, 0.717) is 21.9 Å². The first-order chi connectivity index (χ1) is 13.1. The second kappa shape index (κ2) is 7.85. The van der Waals surface area contributed by atoms with Crippen molar-refractivity contribution in [2.24, 2.45) is 0 Å². The van der Waals surface area contributed by atoms with E-state index >= 15 is 0 Å².